The average molecular weight is 343 g/mol. The number of urea groups is 1. The fraction of sp³-hybridized carbons (Fsp3) is 0.333. The van der Waals surface area contributed by atoms with Gasteiger partial charge in [0.1, 0.15) is 11.3 Å². The molecule has 3 rings (SSSR count). The number of rotatable bonds is 5. The Morgan fingerprint density at radius 3 is 2.83 bits per heavy atom. The van der Waals surface area contributed by atoms with E-state index < -0.39 is 0 Å². The summed E-state index contributed by atoms with van der Waals surface area (Å²) in [5, 5.41) is 5.06. The van der Waals surface area contributed by atoms with Crippen LogP contribution < -0.4 is 5.32 Å². The number of thiazole rings is 1. The van der Waals surface area contributed by atoms with Gasteiger partial charge in [0.05, 0.1) is 17.2 Å². The molecule has 0 spiro atoms. The summed E-state index contributed by atoms with van der Waals surface area (Å²) in [5.41, 5.74) is 1.90. The maximum atomic E-state index is 12.2. The summed E-state index contributed by atoms with van der Waals surface area (Å²) >= 11 is 1.69. The minimum atomic E-state index is -0.102. The molecule has 0 saturated carbocycles. The molecule has 0 fully saturated rings. The zero-order chi connectivity index (χ0) is 17.1. The van der Waals surface area contributed by atoms with Crippen LogP contribution in [0.4, 0.5) is 4.79 Å². The number of carbonyl (C=O) groups is 1. The van der Waals surface area contributed by atoms with Gasteiger partial charge in [-0.25, -0.2) is 9.78 Å². The third-order valence-corrected chi connectivity index (χ3v) is 4.98. The largest absolute Gasteiger partial charge is 0.459 e. The first-order valence-electron chi connectivity index (χ1n) is 7.92. The van der Waals surface area contributed by atoms with E-state index in [9.17, 15) is 4.79 Å². The number of benzene rings is 1. The van der Waals surface area contributed by atoms with Crippen molar-refractivity contribution in [3.8, 4) is 0 Å². The molecule has 0 radical (unpaired) electrons. The van der Waals surface area contributed by atoms with Gasteiger partial charge in [-0.1, -0.05) is 18.2 Å². The minimum Gasteiger partial charge on any atom is -0.459 e. The van der Waals surface area contributed by atoms with E-state index in [1.807, 2.05) is 44.2 Å². The minimum absolute atomic E-state index is 0.102. The predicted molar refractivity (Wildman–Crippen MR) is 96.4 cm³/mol. The van der Waals surface area contributed by atoms with Gasteiger partial charge in [-0.15, -0.1) is 11.3 Å². The molecular weight excluding hydrogens is 322 g/mol. The normalized spacial score (nSPS) is 11.0. The van der Waals surface area contributed by atoms with Crippen LogP contribution in [0.5, 0.6) is 0 Å². The second-order valence-electron chi connectivity index (χ2n) is 5.83. The second kappa shape index (κ2) is 7.05. The molecule has 0 aliphatic heterocycles. The van der Waals surface area contributed by atoms with Crippen molar-refractivity contribution >= 4 is 28.3 Å². The van der Waals surface area contributed by atoms with Gasteiger partial charge in [0, 0.05) is 30.3 Å². The van der Waals surface area contributed by atoms with E-state index in [1.54, 1.807) is 23.3 Å². The summed E-state index contributed by atoms with van der Waals surface area (Å²) in [4.78, 5) is 19.5. The number of hydrogen-bond donors (Lipinski definition) is 1. The highest BCUT2D eigenvalue weighted by atomic mass is 32.1. The number of para-hydroxylation sites is 1. The molecule has 126 valence electrons. The highest BCUT2D eigenvalue weighted by molar-refractivity contribution is 7.11. The standard InChI is InChI=1S/C18H21N3O2S/c1-12-17(24-13(2)20-12)8-9-19-18(22)21(3)11-15-10-14-6-4-5-7-16(14)23-15/h4-7,10H,8-9,11H2,1-3H3,(H,19,22). The summed E-state index contributed by atoms with van der Waals surface area (Å²) in [7, 11) is 1.77. The van der Waals surface area contributed by atoms with Crippen molar-refractivity contribution in [1.82, 2.24) is 15.2 Å². The first kappa shape index (κ1) is 16.5. The molecular formula is C18H21N3O2S. The van der Waals surface area contributed by atoms with Crippen LogP contribution in [0.3, 0.4) is 0 Å². The van der Waals surface area contributed by atoms with Crippen LogP contribution in [-0.4, -0.2) is 29.5 Å². The summed E-state index contributed by atoms with van der Waals surface area (Å²) in [6, 6.07) is 9.72. The Morgan fingerprint density at radius 1 is 1.33 bits per heavy atom. The maximum absolute atomic E-state index is 12.2. The van der Waals surface area contributed by atoms with Crippen molar-refractivity contribution < 1.29 is 9.21 Å². The first-order valence-corrected chi connectivity index (χ1v) is 8.74. The molecule has 2 heterocycles. The first-order chi connectivity index (χ1) is 11.5. The zero-order valence-corrected chi connectivity index (χ0v) is 14.9. The van der Waals surface area contributed by atoms with Gasteiger partial charge in [0.25, 0.3) is 0 Å². The Labute approximate surface area is 145 Å². The molecule has 0 aliphatic rings. The molecule has 5 nitrogen and oxygen atoms in total. The molecule has 6 heteroatoms. The highest BCUT2D eigenvalue weighted by Gasteiger charge is 2.12. The third kappa shape index (κ3) is 3.76. The van der Waals surface area contributed by atoms with Gasteiger partial charge in [-0.3, -0.25) is 0 Å². The summed E-state index contributed by atoms with van der Waals surface area (Å²) in [5.74, 6) is 0.780. The number of furan rings is 1. The number of aryl methyl sites for hydroxylation is 2. The van der Waals surface area contributed by atoms with Crippen LogP contribution >= 0.6 is 11.3 Å². The van der Waals surface area contributed by atoms with E-state index in [1.165, 1.54) is 4.88 Å². The van der Waals surface area contributed by atoms with Crippen LogP contribution in [0.25, 0.3) is 11.0 Å². The van der Waals surface area contributed by atoms with Gasteiger partial charge in [0.15, 0.2) is 0 Å². The molecule has 1 N–H and O–H groups in total. The lowest BCUT2D eigenvalue weighted by atomic mass is 10.2. The Balaban J connectivity index is 1.52. The number of nitrogens with zero attached hydrogens (tertiary/aromatic N) is 2. The lowest BCUT2D eigenvalue weighted by Crippen LogP contribution is -2.37. The summed E-state index contributed by atoms with van der Waals surface area (Å²) in [6.07, 6.45) is 0.807. The van der Waals surface area contributed by atoms with Crippen LogP contribution in [0, 0.1) is 13.8 Å². The van der Waals surface area contributed by atoms with Crippen LogP contribution in [0.1, 0.15) is 21.3 Å². The summed E-state index contributed by atoms with van der Waals surface area (Å²) in [6.45, 7) is 5.06. The number of carbonyl (C=O) groups excluding carboxylic acids is 1. The molecule has 0 aliphatic carbocycles. The molecule has 3 aromatic rings. The van der Waals surface area contributed by atoms with Crippen LogP contribution in [0.2, 0.25) is 0 Å². The fourth-order valence-corrected chi connectivity index (χ4v) is 3.58. The lowest BCUT2D eigenvalue weighted by Gasteiger charge is -2.16. The number of hydrogen-bond acceptors (Lipinski definition) is 4. The molecule has 1 aromatic carbocycles. The topological polar surface area (TPSA) is 58.4 Å². The van der Waals surface area contributed by atoms with E-state index in [-0.39, 0.29) is 6.03 Å². The van der Waals surface area contributed by atoms with E-state index in [0.29, 0.717) is 13.1 Å². The van der Waals surface area contributed by atoms with Gasteiger partial charge in [-0.2, -0.15) is 0 Å². The van der Waals surface area contributed by atoms with Gasteiger partial charge >= 0.3 is 6.03 Å². The van der Waals surface area contributed by atoms with Crippen LogP contribution in [-0.2, 0) is 13.0 Å². The van der Waals surface area contributed by atoms with Gasteiger partial charge in [-0.05, 0) is 26.0 Å². The molecule has 0 unspecified atom stereocenters. The fourth-order valence-electron chi connectivity index (χ4n) is 2.64. The van der Waals surface area contributed by atoms with Crippen molar-refractivity contribution in [3.63, 3.8) is 0 Å². The van der Waals surface area contributed by atoms with E-state index in [2.05, 4.69) is 10.3 Å². The van der Waals surface area contributed by atoms with Crippen molar-refractivity contribution in [2.24, 2.45) is 0 Å². The second-order valence-corrected chi connectivity index (χ2v) is 7.12. The number of fused-ring (bicyclic) bond motifs is 1. The molecule has 24 heavy (non-hydrogen) atoms. The number of nitrogens with one attached hydrogen (secondary N) is 1. The smallest absolute Gasteiger partial charge is 0.317 e. The van der Waals surface area contributed by atoms with Crippen LogP contribution in [0.15, 0.2) is 34.7 Å². The van der Waals surface area contributed by atoms with Crippen molar-refractivity contribution in [2.75, 3.05) is 13.6 Å². The average Bonchev–Trinajstić information content (AvgIpc) is 3.09. The monoisotopic (exact) mass is 343 g/mol. The van der Waals surface area contributed by atoms with E-state index in [4.69, 9.17) is 4.42 Å². The molecule has 0 atom stereocenters. The Kier molecular flexibility index (Phi) is 4.85. The number of aromatic nitrogens is 1. The zero-order valence-electron chi connectivity index (χ0n) is 14.1. The molecule has 2 aromatic heterocycles. The number of amides is 2. The summed E-state index contributed by atoms with van der Waals surface area (Å²) < 4.78 is 5.75. The van der Waals surface area contributed by atoms with Crippen molar-refractivity contribution in [1.29, 1.82) is 0 Å². The van der Waals surface area contributed by atoms with E-state index in [0.717, 1.165) is 33.9 Å². The quantitative estimate of drug-likeness (QED) is 0.764. The maximum Gasteiger partial charge on any atom is 0.317 e. The predicted octanol–water partition coefficient (Wildman–Crippen LogP) is 3.89. The highest BCUT2D eigenvalue weighted by Crippen LogP contribution is 2.20. The van der Waals surface area contributed by atoms with Gasteiger partial charge in [0.2, 0.25) is 0 Å². The SMILES string of the molecule is Cc1nc(C)c(CCNC(=O)N(C)Cc2cc3ccccc3o2)s1. The Morgan fingerprint density at radius 2 is 2.12 bits per heavy atom. The Bertz CT molecular complexity index is 820. The third-order valence-electron chi connectivity index (χ3n) is 3.84. The van der Waals surface area contributed by atoms with Crippen molar-refractivity contribution in [2.45, 2.75) is 26.8 Å². The molecule has 0 bridgehead atoms. The van der Waals surface area contributed by atoms with Crippen molar-refractivity contribution in [3.05, 3.63) is 51.7 Å². The molecule has 2 amide bonds. The molecule has 0 saturated heterocycles. The lowest BCUT2D eigenvalue weighted by molar-refractivity contribution is 0.203. The van der Waals surface area contributed by atoms with Gasteiger partial charge < -0.3 is 14.6 Å². The van der Waals surface area contributed by atoms with E-state index >= 15 is 0 Å². The Hall–Kier alpha value is -2.34.